The second kappa shape index (κ2) is 7.56. The van der Waals surface area contributed by atoms with Gasteiger partial charge in [0.25, 0.3) is 0 Å². The molecule has 27 heavy (non-hydrogen) atoms. The predicted octanol–water partition coefficient (Wildman–Crippen LogP) is 3.47. The summed E-state index contributed by atoms with van der Waals surface area (Å²) in [6, 6.07) is 16.6. The zero-order chi connectivity index (χ0) is 18.8. The molecule has 0 radical (unpaired) electrons. The van der Waals surface area contributed by atoms with Crippen LogP contribution in [0.4, 0.5) is 0 Å². The van der Waals surface area contributed by atoms with Crippen LogP contribution in [-0.2, 0) is 24.8 Å². The van der Waals surface area contributed by atoms with E-state index >= 15 is 0 Å². The molecule has 4 rings (SSSR count). The van der Waals surface area contributed by atoms with Crippen LogP contribution in [0.25, 0.3) is 11.4 Å². The average molecular weight is 379 g/mol. The third-order valence-corrected chi connectivity index (χ3v) is 5.92. The Morgan fingerprint density at radius 1 is 1.11 bits per heavy atom. The fourth-order valence-corrected chi connectivity index (χ4v) is 4.22. The van der Waals surface area contributed by atoms with Gasteiger partial charge in [-0.05, 0) is 30.5 Å². The molecule has 0 spiro atoms. The molecule has 3 aromatic rings. The Balaban J connectivity index is 1.42. The van der Waals surface area contributed by atoms with E-state index in [0.29, 0.717) is 12.3 Å². The lowest BCUT2D eigenvalue weighted by atomic mass is 10.00. The average Bonchev–Trinajstić information content (AvgIpc) is 3.06. The van der Waals surface area contributed by atoms with E-state index in [2.05, 4.69) is 47.5 Å². The first-order chi connectivity index (χ1) is 13.1. The largest absolute Gasteiger partial charge is 0.337 e. The van der Waals surface area contributed by atoms with Gasteiger partial charge in [-0.1, -0.05) is 59.8 Å². The summed E-state index contributed by atoms with van der Waals surface area (Å²) in [6.07, 6.45) is 0.925. The minimum atomic E-state index is 0.148. The molecule has 0 unspecified atom stereocenters. The first kappa shape index (κ1) is 17.8. The molecule has 0 saturated carbocycles. The second-order valence-corrected chi connectivity index (χ2v) is 7.80. The number of nitrogens with zero attached hydrogens (tertiary/aromatic N) is 4. The van der Waals surface area contributed by atoms with E-state index in [0.717, 1.165) is 29.5 Å². The van der Waals surface area contributed by atoms with Crippen LogP contribution in [0.1, 0.15) is 16.7 Å². The monoisotopic (exact) mass is 378 g/mol. The molecule has 1 amide bonds. The number of hydrogen-bond acceptors (Lipinski definition) is 4. The number of fused-ring (bicyclic) bond motifs is 1. The molecule has 0 saturated heterocycles. The van der Waals surface area contributed by atoms with E-state index in [9.17, 15) is 4.79 Å². The van der Waals surface area contributed by atoms with Crippen molar-refractivity contribution in [2.45, 2.75) is 25.0 Å². The summed E-state index contributed by atoms with van der Waals surface area (Å²) < 4.78 is 1.96. The number of benzene rings is 2. The Bertz CT molecular complexity index is 982. The normalized spacial score (nSPS) is 13.5. The Labute approximate surface area is 163 Å². The van der Waals surface area contributed by atoms with Crippen LogP contribution in [0.2, 0.25) is 0 Å². The Hall–Kier alpha value is -2.60. The first-order valence-electron chi connectivity index (χ1n) is 9.05. The Kier molecular flexibility index (Phi) is 4.99. The van der Waals surface area contributed by atoms with Crippen molar-refractivity contribution in [3.63, 3.8) is 0 Å². The third-order valence-electron chi connectivity index (χ3n) is 4.92. The van der Waals surface area contributed by atoms with Gasteiger partial charge in [-0.2, -0.15) is 0 Å². The molecule has 1 aromatic heterocycles. The topological polar surface area (TPSA) is 51.0 Å². The van der Waals surface area contributed by atoms with Crippen molar-refractivity contribution in [3.8, 4) is 11.4 Å². The summed E-state index contributed by atoms with van der Waals surface area (Å²) in [5.74, 6) is 1.34. The number of hydrogen-bond donors (Lipinski definition) is 0. The lowest BCUT2D eigenvalue weighted by molar-refractivity contribution is -0.129. The van der Waals surface area contributed by atoms with Crippen molar-refractivity contribution in [3.05, 3.63) is 65.2 Å². The van der Waals surface area contributed by atoms with Crippen molar-refractivity contribution < 1.29 is 4.79 Å². The molecule has 2 heterocycles. The van der Waals surface area contributed by atoms with Gasteiger partial charge in [0, 0.05) is 25.7 Å². The summed E-state index contributed by atoms with van der Waals surface area (Å²) in [6.45, 7) is 3.54. The molecular formula is C21H22N4OS. The standard InChI is InChI=1S/C21H22N4OS/c1-15-6-5-9-17(12-15)20-22-23-21(24(20)2)27-14-19(26)25-11-10-16-7-3-4-8-18(16)13-25/h3-9,12H,10-11,13-14H2,1-2H3. The molecule has 5 nitrogen and oxygen atoms in total. The van der Waals surface area contributed by atoms with Crippen LogP contribution in [0.3, 0.4) is 0 Å². The molecule has 0 N–H and O–H groups in total. The van der Waals surface area contributed by atoms with Crippen molar-refractivity contribution >= 4 is 17.7 Å². The van der Waals surface area contributed by atoms with Crippen molar-refractivity contribution in [2.24, 2.45) is 7.05 Å². The molecule has 1 aliphatic heterocycles. The van der Waals surface area contributed by atoms with Gasteiger partial charge in [0.05, 0.1) is 5.75 Å². The molecule has 0 fully saturated rings. The zero-order valence-corrected chi connectivity index (χ0v) is 16.4. The van der Waals surface area contributed by atoms with Crippen LogP contribution in [0.5, 0.6) is 0 Å². The third kappa shape index (κ3) is 3.76. The van der Waals surface area contributed by atoms with Crippen molar-refractivity contribution in [2.75, 3.05) is 12.3 Å². The van der Waals surface area contributed by atoms with Gasteiger partial charge >= 0.3 is 0 Å². The second-order valence-electron chi connectivity index (χ2n) is 6.86. The summed E-state index contributed by atoms with van der Waals surface area (Å²) in [4.78, 5) is 14.6. The number of thioether (sulfide) groups is 1. The summed E-state index contributed by atoms with van der Waals surface area (Å²) >= 11 is 1.45. The highest BCUT2D eigenvalue weighted by Crippen LogP contribution is 2.24. The zero-order valence-electron chi connectivity index (χ0n) is 15.6. The maximum absolute atomic E-state index is 12.7. The highest BCUT2D eigenvalue weighted by molar-refractivity contribution is 7.99. The first-order valence-corrected chi connectivity index (χ1v) is 10.0. The fraction of sp³-hybridized carbons (Fsp3) is 0.286. The highest BCUT2D eigenvalue weighted by atomic mass is 32.2. The smallest absolute Gasteiger partial charge is 0.233 e. The number of amides is 1. The summed E-state index contributed by atoms with van der Waals surface area (Å²) in [7, 11) is 1.95. The molecule has 0 aliphatic carbocycles. The van der Waals surface area contributed by atoms with Gasteiger partial charge in [0.1, 0.15) is 0 Å². The SMILES string of the molecule is Cc1cccc(-c2nnc(SCC(=O)N3CCc4ccccc4C3)n2C)c1. The maximum Gasteiger partial charge on any atom is 0.233 e. The molecule has 0 bridgehead atoms. The van der Waals surface area contributed by atoms with Crippen LogP contribution in [0.15, 0.2) is 53.7 Å². The predicted molar refractivity (Wildman–Crippen MR) is 107 cm³/mol. The maximum atomic E-state index is 12.7. The van der Waals surface area contributed by atoms with Crippen molar-refractivity contribution in [1.82, 2.24) is 19.7 Å². The van der Waals surface area contributed by atoms with Gasteiger partial charge in [-0.25, -0.2) is 0 Å². The van der Waals surface area contributed by atoms with E-state index < -0.39 is 0 Å². The summed E-state index contributed by atoms with van der Waals surface area (Å²) in [5, 5.41) is 9.36. The van der Waals surface area contributed by atoms with Gasteiger partial charge in [0.15, 0.2) is 11.0 Å². The number of carbonyl (C=O) groups is 1. The van der Waals surface area contributed by atoms with E-state index in [-0.39, 0.29) is 5.91 Å². The molecule has 0 atom stereocenters. The number of aromatic nitrogens is 3. The summed E-state index contributed by atoms with van der Waals surface area (Å²) in [5.41, 5.74) is 4.83. The van der Waals surface area contributed by atoms with Gasteiger partial charge in [-0.3, -0.25) is 4.79 Å². The molecule has 2 aromatic carbocycles. The number of rotatable bonds is 4. The van der Waals surface area contributed by atoms with Gasteiger partial charge in [0.2, 0.25) is 5.91 Å². The van der Waals surface area contributed by atoms with Gasteiger partial charge < -0.3 is 9.47 Å². The lowest BCUT2D eigenvalue weighted by Crippen LogP contribution is -2.37. The number of carbonyl (C=O) groups excluding carboxylic acids is 1. The highest BCUT2D eigenvalue weighted by Gasteiger charge is 2.21. The number of aryl methyl sites for hydroxylation is 1. The van der Waals surface area contributed by atoms with E-state index in [4.69, 9.17) is 0 Å². The molecule has 6 heteroatoms. The molecular weight excluding hydrogens is 356 g/mol. The van der Waals surface area contributed by atoms with Crippen LogP contribution < -0.4 is 0 Å². The van der Waals surface area contributed by atoms with Crippen LogP contribution in [-0.4, -0.2) is 37.9 Å². The van der Waals surface area contributed by atoms with E-state index in [1.165, 1.54) is 28.5 Å². The quantitative estimate of drug-likeness (QED) is 0.653. The Morgan fingerprint density at radius 2 is 1.93 bits per heavy atom. The van der Waals surface area contributed by atoms with Crippen LogP contribution >= 0.6 is 11.8 Å². The lowest BCUT2D eigenvalue weighted by Gasteiger charge is -2.28. The van der Waals surface area contributed by atoms with E-state index in [1.807, 2.05) is 34.7 Å². The Morgan fingerprint density at radius 3 is 2.74 bits per heavy atom. The fourth-order valence-electron chi connectivity index (χ4n) is 3.40. The van der Waals surface area contributed by atoms with Crippen molar-refractivity contribution in [1.29, 1.82) is 0 Å². The van der Waals surface area contributed by atoms with E-state index in [1.54, 1.807) is 0 Å². The molecule has 1 aliphatic rings. The van der Waals surface area contributed by atoms with Gasteiger partial charge in [-0.15, -0.1) is 10.2 Å². The molecule has 138 valence electrons. The van der Waals surface area contributed by atoms with Crippen LogP contribution in [0, 0.1) is 6.92 Å². The minimum Gasteiger partial charge on any atom is -0.337 e. The minimum absolute atomic E-state index is 0.148.